The van der Waals surface area contributed by atoms with Gasteiger partial charge < -0.3 is 9.64 Å². The standard InChI is InChI=1S/C20H29NO3/c1-5-24-19(23)16-10-12-21(13-11-16)18(22)14-15-6-8-17(9-7-15)20(2,3)4/h6-9,16H,5,10-14H2,1-4H3. The van der Waals surface area contributed by atoms with E-state index in [1.54, 1.807) is 0 Å². The molecule has 0 atom stereocenters. The van der Waals surface area contributed by atoms with Crippen LogP contribution < -0.4 is 0 Å². The molecule has 1 aromatic rings. The minimum Gasteiger partial charge on any atom is -0.466 e. The third-order valence-electron chi connectivity index (χ3n) is 4.64. The van der Waals surface area contributed by atoms with Crippen LogP contribution in [0.15, 0.2) is 24.3 Å². The lowest BCUT2D eigenvalue weighted by Gasteiger charge is -2.31. The van der Waals surface area contributed by atoms with E-state index in [1.165, 1.54) is 5.56 Å². The maximum atomic E-state index is 12.5. The van der Waals surface area contributed by atoms with Crippen LogP contribution in [0.1, 0.15) is 51.7 Å². The van der Waals surface area contributed by atoms with Gasteiger partial charge in [-0.25, -0.2) is 0 Å². The molecule has 0 saturated carbocycles. The first kappa shape index (κ1) is 18.5. The van der Waals surface area contributed by atoms with E-state index in [9.17, 15) is 9.59 Å². The third kappa shape index (κ3) is 4.83. The predicted octanol–water partition coefficient (Wildman–Crippen LogP) is 3.33. The van der Waals surface area contributed by atoms with Crippen molar-refractivity contribution in [3.05, 3.63) is 35.4 Å². The van der Waals surface area contributed by atoms with Gasteiger partial charge in [0.25, 0.3) is 0 Å². The number of rotatable bonds is 4. The molecule has 0 spiro atoms. The normalized spacial score (nSPS) is 16.1. The van der Waals surface area contributed by atoms with Gasteiger partial charge in [0, 0.05) is 13.1 Å². The molecule has 1 saturated heterocycles. The molecule has 1 amide bonds. The Morgan fingerprint density at radius 2 is 1.71 bits per heavy atom. The van der Waals surface area contributed by atoms with Gasteiger partial charge in [-0.2, -0.15) is 0 Å². The van der Waals surface area contributed by atoms with Gasteiger partial charge >= 0.3 is 5.97 Å². The fourth-order valence-electron chi connectivity index (χ4n) is 3.03. The lowest BCUT2D eigenvalue weighted by molar-refractivity contribution is -0.151. The number of ether oxygens (including phenoxy) is 1. The molecule has 24 heavy (non-hydrogen) atoms. The molecule has 0 aliphatic carbocycles. The van der Waals surface area contributed by atoms with E-state index in [0.717, 1.165) is 5.56 Å². The van der Waals surface area contributed by atoms with Gasteiger partial charge in [-0.1, -0.05) is 45.0 Å². The Bertz CT molecular complexity index is 564. The van der Waals surface area contributed by atoms with Crippen molar-refractivity contribution < 1.29 is 14.3 Å². The lowest BCUT2D eigenvalue weighted by Crippen LogP contribution is -2.41. The molecular formula is C20H29NO3. The Labute approximate surface area is 145 Å². The zero-order valence-corrected chi connectivity index (χ0v) is 15.3. The average molecular weight is 331 g/mol. The van der Waals surface area contributed by atoms with E-state index in [0.29, 0.717) is 39.0 Å². The molecule has 0 N–H and O–H groups in total. The van der Waals surface area contributed by atoms with E-state index in [1.807, 2.05) is 24.0 Å². The van der Waals surface area contributed by atoms with Crippen molar-refractivity contribution in [2.45, 2.75) is 52.4 Å². The van der Waals surface area contributed by atoms with Crippen LogP contribution in [0.4, 0.5) is 0 Å². The predicted molar refractivity (Wildman–Crippen MR) is 94.8 cm³/mol. The largest absolute Gasteiger partial charge is 0.466 e. The molecule has 1 aromatic carbocycles. The van der Waals surface area contributed by atoms with Crippen molar-refractivity contribution in [1.29, 1.82) is 0 Å². The van der Waals surface area contributed by atoms with Crippen molar-refractivity contribution in [2.24, 2.45) is 5.92 Å². The number of carbonyl (C=O) groups is 2. The van der Waals surface area contributed by atoms with Crippen LogP contribution in [-0.4, -0.2) is 36.5 Å². The second-order valence-corrected chi connectivity index (χ2v) is 7.53. The molecule has 4 heteroatoms. The van der Waals surface area contributed by atoms with Crippen LogP contribution in [0, 0.1) is 5.92 Å². The van der Waals surface area contributed by atoms with Crippen LogP contribution in [-0.2, 0) is 26.2 Å². The molecule has 1 aliphatic heterocycles. The Morgan fingerprint density at radius 1 is 1.12 bits per heavy atom. The van der Waals surface area contributed by atoms with E-state index in [2.05, 4.69) is 32.9 Å². The monoisotopic (exact) mass is 331 g/mol. The highest BCUT2D eigenvalue weighted by Crippen LogP contribution is 2.23. The number of hydrogen-bond donors (Lipinski definition) is 0. The number of amides is 1. The zero-order valence-electron chi connectivity index (χ0n) is 15.3. The highest BCUT2D eigenvalue weighted by atomic mass is 16.5. The topological polar surface area (TPSA) is 46.6 Å². The second kappa shape index (κ2) is 7.82. The van der Waals surface area contributed by atoms with Crippen LogP contribution in [0.3, 0.4) is 0 Å². The van der Waals surface area contributed by atoms with Crippen LogP contribution in [0.5, 0.6) is 0 Å². The first-order chi connectivity index (χ1) is 11.3. The maximum absolute atomic E-state index is 12.5. The molecule has 1 heterocycles. The number of nitrogens with zero attached hydrogens (tertiary/aromatic N) is 1. The molecule has 0 bridgehead atoms. The number of esters is 1. The Balaban J connectivity index is 1.86. The number of carbonyl (C=O) groups excluding carboxylic acids is 2. The summed E-state index contributed by atoms with van der Waals surface area (Å²) < 4.78 is 5.07. The summed E-state index contributed by atoms with van der Waals surface area (Å²) in [5.41, 5.74) is 2.44. The smallest absolute Gasteiger partial charge is 0.309 e. The molecule has 1 aliphatic rings. The summed E-state index contributed by atoms with van der Waals surface area (Å²) >= 11 is 0. The van der Waals surface area contributed by atoms with Gasteiger partial charge in [-0.3, -0.25) is 9.59 Å². The number of likely N-dealkylation sites (tertiary alicyclic amines) is 1. The van der Waals surface area contributed by atoms with Crippen molar-refractivity contribution in [3.8, 4) is 0 Å². The Kier molecular flexibility index (Phi) is 6.03. The summed E-state index contributed by atoms with van der Waals surface area (Å²) in [5.74, 6) is -0.0387. The summed E-state index contributed by atoms with van der Waals surface area (Å²) in [6.07, 6.45) is 1.83. The molecule has 132 valence electrons. The van der Waals surface area contributed by atoms with Crippen molar-refractivity contribution >= 4 is 11.9 Å². The van der Waals surface area contributed by atoms with E-state index in [-0.39, 0.29) is 23.2 Å². The molecule has 0 radical (unpaired) electrons. The van der Waals surface area contributed by atoms with Gasteiger partial charge in [0.2, 0.25) is 5.91 Å². The fourth-order valence-corrected chi connectivity index (χ4v) is 3.03. The van der Waals surface area contributed by atoms with Gasteiger partial charge in [0.05, 0.1) is 18.9 Å². The van der Waals surface area contributed by atoms with Gasteiger partial charge in [-0.15, -0.1) is 0 Å². The molecule has 0 aromatic heterocycles. The van der Waals surface area contributed by atoms with Crippen LogP contribution in [0.25, 0.3) is 0 Å². The Hall–Kier alpha value is -1.84. The Morgan fingerprint density at radius 3 is 2.21 bits per heavy atom. The molecule has 4 nitrogen and oxygen atoms in total. The fraction of sp³-hybridized carbons (Fsp3) is 0.600. The van der Waals surface area contributed by atoms with Gasteiger partial charge in [0.1, 0.15) is 0 Å². The lowest BCUT2D eigenvalue weighted by atomic mass is 9.86. The van der Waals surface area contributed by atoms with E-state index < -0.39 is 0 Å². The minimum absolute atomic E-state index is 0.0555. The van der Waals surface area contributed by atoms with Gasteiger partial charge in [0.15, 0.2) is 0 Å². The highest BCUT2D eigenvalue weighted by molar-refractivity contribution is 5.79. The summed E-state index contributed by atoms with van der Waals surface area (Å²) in [5, 5.41) is 0. The highest BCUT2D eigenvalue weighted by Gasteiger charge is 2.28. The summed E-state index contributed by atoms with van der Waals surface area (Å²) in [4.78, 5) is 26.1. The molecule has 0 unspecified atom stereocenters. The SMILES string of the molecule is CCOC(=O)C1CCN(C(=O)Cc2ccc(C(C)(C)C)cc2)CC1. The first-order valence-electron chi connectivity index (χ1n) is 8.85. The van der Waals surface area contributed by atoms with E-state index in [4.69, 9.17) is 4.74 Å². The number of benzene rings is 1. The molecular weight excluding hydrogens is 302 g/mol. The summed E-state index contributed by atoms with van der Waals surface area (Å²) in [6, 6.07) is 8.30. The second-order valence-electron chi connectivity index (χ2n) is 7.53. The first-order valence-corrected chi connectivity index (χ1v) is 8.85. The van der Waals surface area contributed by atoms with Crippen LogP contribution >= 0.6 is 0 Å². The van der Waals surface area contributed by atoms with Crippen molar-refractivity contribution in [2.75, 3.05) is 19.7 Å². The summed E-state index contributed by atoms with van der Waals surface area (Å²) in [7, 11) is 0. The third-order valence-corrected chi connectivity index (χ3v) is 4.64. The quantitative estimate of drug-likeness (QED) is 0.795. The van der Waals surface area contributed by atoms with Crippen molar-refractivity contribution in [1.82, 2.24) is 4.90 Å². The summed E-state index contributed by atoms with van der Waals surface area (Å²) in [6.45, 7) is 10.1. The van der Waals surface area contributed by atoms with Gasteiger partial charge in [-0.05, 0) is 36.3 Å². The maximum Gasteiger partial charge on any atom is 0.309 e. The number of hydrogen-bond acceptors (Lipinski definition) is 3. The zero-order chi connectivity index (χ0) is 17.7. The van der Waals surface area contributed by atoms with Crippen LogP contribution in [0.2, 0.25) is 0 Å². The molecule has 1 fully saturated rings. The number of piperidine rings is 1. The minimum atomic E-state index is -0.123. The molecule has 2 rings (SSSR count). The van der Waals surface area contributed by atoms with E-state index >= 15 is 0 Å². The van der Waals surface area contributed by atoms with Crippen molar-refractivity contribution in [3.63, 3.8) is 0 Å². The average Bonchev–Trinajstić information content (AvgIpc) is 2.55.